The van der Waals surface area contributed by atoms with E-state index in [0.717, 1.165) is 7.88 Å². The van der Waals surface area contributed by atoms with E-state index in [9.17, 15) is 23.2 Å². The molecule has 0 saturated carbocycles. The number of halogens is 1. The van der Waals surface area contributed by atoms with E-state index in [1.54, 1.807) is 31.5 Å². The molecular formula is C31H48IN3O5SSn. The maximum atomic E-state index is 13.7. The van der Waals surface area contributed by atoms with Gasteiger partial charge in [-0.25, -0.2) is 0 Å². The molecule has 0 aliphatic rings. The number of nitrogens with zero attached hydrogens (tertiary/aromatic N) is 1. The van der Waals surface area contributed by atoms with E-state index in [4.69, 9.17) is 0 Å². The van der Waals surface area contributed by atoms with Gasteiger partial charge >= 0.3 is 246 Å². The van der Waals surface area contributed by atoms with E-state index in [0.29, 0.717) is 5.69 Å². The first kappa shape index (κ1) is 37.0. The number of carbonyl (C=O) groups is 2. The van der Waals surface area contributed by atoms with E-state index in [-0.39, 0.29) is 4.90 Å². The molecule has 1 atom stereocenters. The number of hydroxylamine groups is 1. The molecule has 2 aromatic rings. The minimum atomic E-state index is -4.25. The summed E-state index contributed by atoms with van der Waals surface area (Å²) in [4.78, 5) is 25.9. The van der Waals surface area contributed by atoms with Crippen molar-refractivity contribution in [3.63, 3.8) is 0 Å². The Labute approximate surface area is 270 Å². The first-order chi connectivity index (χ1) is 19.9. The quantitative estimate of drug-likeness (QED) is 0.0688. The number of hydrogen-bond donors (Lipinski definition) is 3. The second-order valence-corrected chi connectivity index (χ2v) is 27.8. The zero-order valence-corrected chi connectivity index (χ0v) is 31.5. The molecule has 0 aliphatic heterocycles. The fraction of sp³-hybridized carbons (Fsp3) is 0.548. The molecule has 2 aromatic carbocycles. The minimum absolute atomic E-state index is 0.0356. The molecule has 3 N–H and O–H groups in total. The molecule has 2 amide bonds. The Bertz CT molecular complexity index is 1220. The molecule has 0 heterocycles. The molecule has 42 heavy (non-hydrogen) atoms. The van der Waals surface area contributed by atoms with Gasteiger partial charge in [0.05, 0.1) is 0 Å². The summed E-state index contributed by atoms with van der Waals surface area (Å²) in [7, 11) is -4.25. The molecule has 11 heteroatoms. The second kappa shape index (κ2) is 17.9. The van der Waals surface area contributed by atoms with Gasteiger partial charge in [0.25, 0.3) is 0 Å². The van der Waals surface area contributed by atoms with Crippen LogP contribution in [-0.2, 0) is 19.6 Å². The van der Waals surface area contributed by atoms with Crippen LogP contribution in [0.25, 0.3) is 0 Å². The summed E-state index contributed by atoms with van der Waals surface area (Å²) in [5, 5.41) is 12.2. The van der Waals surface area contributed by atoms with Crippen molar-refractivity contribution in [1.82, 2.24) is 9.79 Å². The molecule has 8 nitrogen and oxygen atoms in total. The summed E-state index contributed by atoms with van der Waals surface area (Å²) in [6.45, 7) is 9.52. The summed E-state index contributed by atoms with van der Waals surface area (Å²) < 4.78 is 34.6. The Morgan fingerprint density at radius 3 is 1.81 bits per heavy atom. The molecule has 0 unspecified atom stereocenters. The van der Waals surface area contributed by atoms with Crippen molar-refractivity contribution in [2.75, 3.05) is 11.9 Å². The standard InChI is InChI=1S/C19H21IN3O5S.3C4H9.Sn/c1-13(2)18(19(25)22-26)23(12-17(24)21-15-6-4-3-5-7-15)29(27,28)16-10-8-14(20)9-11-16;3*1-3-4-2;/h4-11,13,18,26H,12H2,1-2H3,(H,21,24)(H,22,25);3*1,3-4H2,2H3;/t18-;;;;/m1..../s1. The summed E-state index contributed by atoms with van der Waals surface area (Å²) in [5.74, 6) is -1.98. The van der Waals surface area contributed by atoms with E-state index < -0.39 is 58.7 Å². The number of amides is 2. The SMILES string of the molecule is CCC[CH2][Sn]([CH2]CCC)([CH2]CCC)[c]1ccc(NC(=O)CN([C@@H](C(=O)NO)C(C)C)S(=O)(=O)c2ccc(I)cc2)cc1. The van der Waals surface area contributed by atoms with Crippen molar-refractivity contribution in [1.29, 1.82) is 0 Å². The molecular weight excluding hydrogens is 772 g/mol. The van der Waals surface area contributed by atoms with E-state index in [2.05, 4.69) is 60.8 Å². The van der Waals surface area contributed by atoms with E-state index in [1.807, 2.05) is 12.1 Å². The van der Waals surface area contributed by atoms with Crippen molar-refractivity contribution in [3.05, 3.63) is 52.1 Å². The number of carbonyl (C=O) groups excluding carboxylic acids is 2. The summed E-state index contributed by atoms with van der Waals surface area (Å²) >= 11 is -0.553. The van der Waals surface area contributed by atoms with Crippen molar-refractivity contribution in [2.45, 2.75) is 97.4 Å². The average molecular weight is 820 g/mol. The van der Waals surface area contributed by atoms with Gasteiger partial charge in [-0.1, -0.05) is 0 Å². The monoisotopic (exact) mass is 821 g/mol. The van der Waals surface area contributed by atoms with Crippen LogP contribution in [0.3, 0.4) is 0 Å². The second-order valence-electron chi connectivity index (χ2n) is 11.4. The van der Waals surface area contributed by atoms with Crippen LogP contribution in [0.2, 0.25) is 13.3 Å². The molecule has 0 radical (unpaired) electrons. The van der Waals surface area contributed by atoms with Crippen LogP contribution in [0.4, 0.5) is 5.69 Å². The first-order valence-electron chi connectivity index (χ1n) is 15.1. The summed E-state index contributed by atoms with van der Waals surface area (Å²) in [6.07, 6.45) is 7.34. The van der Waals surface area contributed by atoms with Gasteiger partial charge in [-0.2, -0.15) is 0 Å². The van der Waals surface area contributed by atoms with Gasteiger partial charge in [0, 0.05) is 3.57 Å². The van der Waals surface area contributed by atoms with Crippen molar-refractivity contribution < 1.29 is 23.2 Å². The van der Waals surface area contributed by atoms with Crippen molar-refractivity contribution in [2.24, 2.45) is 5.92 Å². The number of benzene rings is 2. The number of anilines is 1. The van der Waals surface area contributed by atoms with Crippen LogP contribution < -0.4 is 14.4 Å². The van der Waals surface area contributed by atoms with Crippen LogP contribution in [-0.4, -0.2) is 60.7 Å². The van der Waals surface area contributed by atoms with Crippen LogP contribution in [0.15, 0.2) is 53.4 Å². The first-order valence-corrected chi connectivity index (χ1v) is 25.1. The fourth-order valence-electron chi connectivity index (χ4n) is 5.51. The fourth-order valence-corrected chi connectivity index (χ4v) is 23.5. The zero-order valence-electron chi connectivity index (χ0n) is 25.7. The number of rotatable bonds is 18. The Balaban J connectivity index is 2.37. The molecule has 2 rings (SSSR count). The Morgan fingerprint density at radius 1 is 0.881 bits per heavy atom. The van der Waals surface area contributed by atoms with Crippen molar-refractivity contribution >= 4 is 72.1 Å². The van der Waals surface area contributed by atoms with E-state index >= 15 is 0 Å². The number of unbranched alkanes of at least 4 members (excludes halogenated alkanes) is 3. The van der Waals surface area contributed by atoms with Crippen LogP contribution in [0.5, 0.6) is 0 Å². The molecule has 0 saturated heterocycles. The van der Waals surface area contributed by atoms with Gasteiger partial charge in [-0.05, 0) is 22.6 Å². The van der Waals surface area contributed by atoms with Gasteiger partial charge in [0.2, 0.25) is 0 Å². The Hall–Kier alpha value is -1.22. The van der Waals surface area contributed by atoms with Gasteiger partial charge < -0.3 is 0 Å². The summed E-state index contributed by atoms with van der Waals surface area (Å²) in [5.41, 5.74) is 2.16. The van der Waals surface area contributed by atoms with Gasteiger partial charge in [-0.3, -0.25) is 0 Å². The molecule has 234 valence electrons. The third-order valence-corrected chi connectivity index (χ3v) is 26.1. The zero-order chi connectivity index (χ0) is 31.3. The topological polar surface area (TPSA) is 116 Å². The van der Waals surface area contributed by atoms with Crippen LogP contribution in [0.1, 0.15) is 73.1 Å². The van der Waals surface area contributed by atoms with Gasteiger partial charge in [-0.15, -0.1) is 0 Å². The predicted molar refractivity (Wildman–Crippen MR) is 181 cm³/mol. The Morgan fingerprint density at radius 2 is 1.38 bits per heavy atom. The summed E-state index contributed by atoms with van der Waals surface area (Å²) in [6, 6.07) is 13.1. The normalized spacial score (nSPS) is 12.9. The average Bonchev–Trinajstić information content (AvgIpc) is 2.97. The van der Waals surface area contributed by atoms with Crippen LogP contribution in [0, 0.1) is 9.49 Å². The molecule has 0 aliphatic carbocycles. The predicted octanol–water partition coefficient (Wildman–Crippen LogP) is 6.51. The number of sulfonamides is 1. The van der Waals surface area contributed by atoms with Crippen LogP contribution >= 0.6 is 22.6 Å². The third kappa shape index (κ3) is 10.2. The third-order valence-electron chi connectivity index (χ3n) is 7.85. The van der Waals surface area contributed by atoms with Gasteiger partial charge in [0.15, 0.2) is 0 Å². The number of hydrogen-bond acceptors (Lipinski definition) is 5. The Kier molecular flexibility index (Phi) is 15.8. The van der Waals surface area contributed by atoms with E-state index in [1.165, 1.54) is 67.5 Å². The molecule has 0 spiro atoms. The maximum absolute atomic E-state index is 13.7. The number of nitrogens with one attached hydrogen (secondary N) is 2. The molecule has 0 aromatic heterocycles. The van der Waals surface area contributed by atoms with Gasteiger partial charge in [0.1, 0.15) is 0 Å². The molecule has 0 fully saturated rings. The molecule has 0 bridgehead atoms. The van der Waals surface area contributed by atoms with Crippen molar-refractivity contribution in [3.8, 4) is 0 Å².